The molecule has 0 heterocycles. The van der Waals surface area contributed by atoms with Crippen molar-refractivity contribution < 1.29 is 14.7 Å². The normalized spacial score (nSPS) is 19.0. The topological polar surface area (TPSA) is 95.7 Å². The zero-order valence-corrected chi connectivity index (χ0v) is 15.9. The van der Waals surface area contributed by atoms with Crippen molar-refractivity contribution in [3.05, 3.63) is 60.2 Å². The predicted molar refractivity (Wildman–Crippen MR) is 110 cm³/mol. The molecule has 2 aromatic carbocycles. The summed E-state index contributed by atoms with van der Waals surface area (Å²) in [6.07, 6.45) is 3.09. The van der Waals surface area contributed by atoms with Crippen LogP contribution >= 0.6 is 0 Å². The number of carbonyl (C=O) groups is 2. The molecule has 0 aromatic heterocycles. The summed E-state index contributed by atoms with van der Waals surface area (Å²) in [5, 5.41) is 12.7. The first kappa shape index (κ1) is 19.7. The van der Waals surface area contributed by atoms with Crippen LogP contribution in [0.5, 0.6) is 0 Å². The summed E-state index contributed by atoms with van der Waals surface area (Å²) in [4.78, 5) is 24.7. The Labute approximate surface area is 165 Å². The molecule has 1 aliphatic rings. The summed E-state index contributed by atoms with van der Waals surface area (Å²) in [6.45, 7) is 0.735. The molecule has 0 aliphatic heterocycles. The molecule has 1 amide bonds. The van der Waals surface area contributed by atoms with E-state index >= 15 is 0 Å². The van der Waals surface area contributed by atoms with E-state index in [1.54, 1.807) is 0 Å². The fraction of sp³-hybridized carbons (Fsp3) is 0.364. The minimum absolute atomic E-state index is 0.141. The monoisotopic (exact) mass is 381 g/mol. The Kier molecular flexibility index (Phi) is 6.53. The van der Waals surface area contributed by atoms with Crippen molar-refractivity contribution in [3.8, 4) is 0 Å². The third-order valence-electron chi connectivity index (χ3n) is 5.22. The number of amides is 1. The fourth-order valence-electron chi connectivity index (χ4n) is 3.74. The number of hydrogen-bond donors (Lipinski definition) is 3. The molecule has 1 saturated carbocycles. The molecule has 148 valence electrons. The van der Waals surface area contributed by atoms with E-state index in [2.05, 4.69) is 5.32 Å². The van der Waals surface area contributed by atoms with Crippen LogP contribution in [0.3, 0.4) is 0 Å². The van der Waals surface area contributed by atoms with E-state index in [4.69, 9.17) is 10.8 Å². The van der Waals surface area contributed by atoms with E-state index in [0.717, 1.165) is 29.8 Å². The van der Waals surface area contributed by atoms with Crippen LogP contribution in [0.2, 0.25) is 0 Å². The Balaban J connectivity index is 1.69. The van der Waals surface area contributed by atoms with Crippen LogP contribution in [0.25, 0.3) is 0 Å². The van der Waals surface area contributed by atoms with Gasteiger partial charge in [-0.2, -0.15) is 0 Å². The lowest BCUT2D eigenvalue weighted by Crippen LogP contribution is -2.33. The van der Waals surface area contributed by atoms with Gasteiger partial charge in [0, 0.05) is 24.0 Å². The third kappa shape index (κ3) is 5.49. The molecule has 0 saturated heterocycles. The molecule has 1 fully saturated rings. The lowest BCUT2D eigenvalue weighted by molar-refractivity contribution is -0.142. The highest BCUT2D eigenvalue weighted by Gasteiger charge is 2.25. The van der Waals surface area contributed by atoms with Gasteiger partial charge in [-0.3, -0.25) is 9.59 Å². The number of primary amides is 1. The highest BCUT2D eigenvalue weighted by atomic mass is 16.4. The number of carboxylic acids is 1. The van der Waals surface area contributed by atoms with Gasteiger partial charge in [0.05, 0.1) is 12.5 Å². The highest BCUT2D eigenvalue weighted by Crippen LogP contribution is 2.28. The molecule has 0 bridgehead atoms. The van der Waals surface area contributed by atoms with Crippen molar-refractivity contribution in [1.82, 2.24) is 0 Å². The number of benzene rings is 2. The zero-order valence-electron chi connectivity index (χ0n) is 15.9. The molecule has 28 heavy (non-hydrogen) atoms. The average Bonchev–Trinajstić information content (AvgIpc) is 2.68. The minimum Gasteiger partial charge on any atom is -0.481 e. The van der Waals surface area contributed by atoms with Crippen LogP contribution in [0.1, 0.15) is 31.2 Å². The maximum absolute atomic E-state index is 11.6. The number of carboxylic acid groups (broad SMARTS) is 1. The quantitative estimate of drug-likeness (QED) is 0.652. The molecule has 0 spiro atoms. The van der Waals surface area contributed by atoms with Crippen molar-refractivity contribution in [2.45, 2.75) is 38.3 Å². The van der Waals surface area contributed by atoms with Crippen LogP contribution in [-0.2, 0) is 16.1 Å². The molecule has 0 unspecified atom stereocenters. The number of hydrogen-bond acceptors (Lipinski definition) is 4. The summed E-state index contributed by atoms with van der Waals surface area (Å²) < 4.78 is 0. The van der Waals surface area contributed by atoms with Gasteiger partial charge in [0.2, 0.25) is 5.91 Å². The maximum Gasteiger partial charge on any atom is 0.306 e. The highest BCUT2D eigenvalue weighted by molar-refractivity contribution is 5.80. The number of anilines is 2. The molecule has 1 aliphatic carbocycles. The summed E-state index contributed by atoms with van der Waals surface area (Å²) in [5.41, 5.74) is 8.46. The van der Waals surface area contributed by atoms with E-state index in [1.165, 1.54) is 0 Å². The van der Waals surface area contributed by atoms with Gasteiger partial charge in [-0.05, 0) is 49.4 Å². The van der Waals surface area contributed by atoms with Gasteiger partial charge in [0.15, 0.2) is 0 Å². The Bertz CT molecular complexity index is 802. The number of nitrogens with zero attached hydrogens (tertiary/aromatic N) is 1. The average molecular weight is 381 g/mol. The van der Waals surface area contributed by atoms with Crippen LogP contribution in [0, 0.1) is 5.92 Å². The van der Waals surface area contributed by atoms with Crippen molar-refractivity contribution in [2.75, 3.05) is 16.8 Å². The van der Waals surface area contributed by atoms with Crippen molar-refractivity contribution in [1.29, 1.82) is 0 Å². The fourth-order valence-corrected chi connectivity index (χ4v) is 3.74. The van der Waals surface area contributed by atoms with Crippen LogP contribution in [0.4, 0.5) is 11.4 Å². The van der Waals surface area contributed by atoms with Gasteiger partial charge in [-0.1, -0.05) is 36.4 Å². The van der Waals surface area contributed by atoms with E-state index in [-0.39, 0.29) is 24.4 Å². The van der Waals surface area contributed by atoms with Gasteiger partial charge in [0.1, 0.15) is 0 Å². The molecule has 4 N–H and O–H groups in total. The van der Waals surface area contributed by atoms with Gasteiger partial charge in [-0.15, -0.1) is 0 Å². The Hall–Kier alpha value is -3.02. The van der Waals surface area contributed by atoms with Gasteiger partial charge in [-0.25, -0.2) is 0 Å². The number of nitrogens with two attached hydrogens (primary N) is 1. The Morgan fingerprint density at radius 2 is 1.75 bits per heavy atom. The number of carbonyl (C=O) groups excluding carboxylic acids is 1. The molecule has 3 rings (SSSR count). The predicted octanol–water partition coefficient (Wildman–Crippen LogP) is 3.23. The molecule has 6 heteroatoms. The Morgan fingerprint density at radius 3 is 2.39 bits per heavy atom. The molecule has 6 nitrogen and oxygen atoms in total. The second-order valence-corrected chi connectivity index (χ2v) is 7.39. The Morgan fingerprint density at radius 1 is 1.04 bits per heavy atom. The molecule has 0 atom stereocenters. The summed E-state index contributed by atoms with van der Waals surface area (Å²) >= 11 is 0. The summed E-state index contributed by atoms with van der Waals surface area (Å²) in [5.74, 6) is -1.29. The summed E-state index contributed by atoms with van der Waals surface area (Å²) in [6, 6.07) is 18.2. The lowest BCUT2D eigenvalue weighted by Gasteiger charge is -2.28. The molecular weight excluding hydrogens is 354 g/mol. The van der Waals surface area contributed by atoms with Crippen LogP contribution < -0.4 is 16.0 Å². The second-order valence-electron chi connectivity index (χ2n) is 7.39. The number of rotatable bonds is 8. The third-order valence-corrected chi connectivity index (χ3v) is 5.22. The van der Waals surface area contributed by atoms with Crippen LogP contribution in [-0.4, -0.2) is 29.6 Å². The molecule has 2 aromatic rings. The first-order valence-electron chi connectivity index (χ1n) is 9.68. The zero-order chi connectivity index (χ0) is 19.9. The minimum atomic E-state index is -0.691. The SMILES string of the molecule is NC(=O)CN(Cc1ccccc1)c1cccc(NC2CCC(C(=O)O)CC2)c1. The van der Waals surface area contributed by atoms with E-state index < -0.39 is 5.97 Å². The largest absolute Gasteiger partial charge is 0.481 e. The van der Waals surface area contributed by atoms with Crippen molar-refractivity contribution in [3.63, 3.8) is 0 Å². The molecule has 0 radical (unpaired) electrons. The second kappa shape index (κ2) is 9.26. The standard InChI is InChI=1S/C22H27N3O3/c23-21(26)15-25(14-16-5-2-1-3-6-16)20-8-4-7-19(13-20)24-18-11-9-17(10-12-18)22(27)28/h1-8,13,17-18,24H,9-12,14-15H2,(H2,23,26)(H,27,28). The smallest absolute Gasteiger partial charge is 0.306 e. The van der Waals surface area contributed by atoms with Gasteiger partial charge in [0.25, 0.3) is 0 Å². The first-order valence-corrected chi connectivity index (χ1v) is 9.68. The van der Waals surface area contributed by atoms with Crippen molar-refractivity contribution in [2.24, 2.45) is 11.7 Å². The van der Waals surface area contributed by atoms with E-state index in [1.807, 2.05) is 59.5 Å². The summed E-state index contributed by atoms with van der Waals surface area (Å²) in [7, 11) is 0. The first-order chi connectivity index (χ1) is 13.5. The lowest BCUT2D eigenvalue weighted by atomic mass is 9.86. The van der Waals surface area contributed by atoms with Crippen molar-refractivity contribution >= 4 is 23.3 Å². The number of aliphatic carboxylic acids is 1. The maximum atomic E-state index is 11.6. The van der Waals surface area contributed by atoms with Gasteiger partial charge < -0.3 is 21.1 Å². The van der Waals surface area contributed by atoms with Gasteiger partial charge >= 0.3 is 5.97 Å². The van der Waals surface area contributed by atoms with E-state index in [0.29, 0.717) is 19.4 Å². The van der Waals surface area contributed by atoms with Crippen LogP contribution in [0.15, 0.2) is 54.6 Å². The molecular formula is C22H27N3O3. The number of nitrogens with one attached hydrogen (secondary N) is 1. The van der Waals surface area contributed by atoms with E-state index in [9.17, 15) is 9.59 Å².